The monoisotopic (exact) mass is 579 g/mol. The van der Waals surface area contributed by atoms with Crippen molar-refractivity contribution in [1.29, 1.82) is 0 Å². The first-order valence-electron chi connectivity index (χ1n) is 11.6. The van der Waals surface area contributed by atoms with Crippen molar-refractivity contribution in [3.8, 4) is 33.8 Å². The van der Waals surface area contributed by atoms with Crippen LogP contribution in [0.25, 0.3) is 22.3 Å². The van der Waals surface area contributed by atoms with Crippen molar-refractivity contribution < 1.29 is 23.8 Å². The third-order valence-electron chi connectivity index (χ3n) is 5.58. The standard InChI is InChI=1S/C29H26BrNO5S/c1-4-35-22-13-10-20(11-14-22)26-18(2)37-28(27(26)29(33)34-3)31-25(32)17-36-24-15-12-21(16-23(24)30)19-8-6-5-7-9-19/h5-16H,4,17H2,1-3H3,(H,31,32). The van der Waals surface area contributed by atoms with Crippen molar-refractivity contribution >= 4 is 44.1 Å². The number of benzene rings is 3. The van der Waals surface area contributed by atoms with Gasteiger partial charge in [0.05, 0.1) is 18.2 Å². The van der Waals surface area contributed by atoms with Gasteiger partial charge in [0.1, 0.15) is 22.1 Å². The van der Waals surface area contributed by atoms with E-state index >= 15 is 0 Å². The van der Waals surface area contributed by atoms with Gasteiger partial charge in [0.15, 0.2) is 6.61 Å². The lowest BCUT2D eigenvalue weighted by atomic mass is 10.0. The van der Waals surface area contributed by atoms with Gasteiger partial charge in [-0.25, -0.2) is 4.79 Å². The second-order valence-corrected chi connectivity index (χ2v) is 10.1. The van der Waals surface area contributed by atoms with Crippen molar-refractivity contribution in [2.75, 3.05) is 25.6 Å². The maximum Gasteiger partial charge on any atom is 0.341 e. The molecule has 0 saturated carbocycles. The molecule has 0 fully saturated rings. The summed E-state index contributed by atoms with van der Waals surface area (Å²) < 4.78 is 17.1. The number of halogens is 1. The van der Waals surface area contributed by atoms with Crippen LogP contribution >= 0.6 is 27.3 Å². The number of ether oxygens (including phenoxy) is 3. The Morgan fingerprint density at radius 2 is 1.62 bits per heavy atom. The molecule has 6 nitrogen and oxygen atoms in total. The first kappa shape index (κ1) is 26.4. The Bertz CT molecular complexity index is 1400. The van der Waals surface area contributed by atoms with Gasteiger partial charge >= 0.3 is 5.97 Å². The van der Waals surface area contributed by atoms with Gasteiger partial charge in [-0.3, -0.25) is 4.79 Å². The first-order valence-corrected chi connectivity index (χ1v) is 13.2. The number of nitrogens with one attached hydrogen (secondary N) is 1. The number of rotatable bonds is 9. The molecule has 0 aliphatic rings. The van der Waals surface area contributed by atoms with E-state index in [1.165, 1.54) is 18.4 Å². The number of methoxy groups -OCH3 is 1. The molecule has 1 N–H and O–H groups in total. The Balaban J connectivity index is 1.50. The molecule has 190 valence electrons. The van der Waals surface area contributed by atoms with Crippen LogP contribution in [0.1, 0.15) is 22.2 Å². The largest absolute Gasteiger partial charge is 0.494 e. The number of amides is 1. The molecule has 0 atom stereocenters. The molecule has 3 aromatic carbocycles. The van der Waals surface area contributed by atoms with Gasteiger partial charge in [0.2, 0.25) is 0 Å². The van der Waals surface area contributed by atoms with E-state index < -0.39 is 5.97 Å². The Morgan fingerprint density at radius 1 is 0.919 bits per heavy atom. The number of esters is 1. The van der Waals surface area contributed by atoms with E-state index in [1.54, 1.807) is 0 Å². The van der Waals surface area contributed by atoms with Crippen molar-refractivity contribution in [3.63, 3.8) is 0 Å². The second-order valence-electron chi connectivity index (χ2n) is 8.03. The molecule has 1 aromatic heterocycles. The first-order chi connectivity index (χ1) is 17.9. The zero-order valence-electron chi connectivity index (χ0n) is 20.7. The molecular weight excluding hydrogens is 554 g/mol. The van der Waals surface area contributed by atoms with Gasteiger partial charge in [-0.2, -0.15) is 0 Å². The van der Waals surface area contributed by atoms with Crippen LogP contribution in [0.4, 0.5) is 5.00 Å². The van der Waals surface area contributed by atoms with Gasteiger partial charge < -0.3 is 19.5 Å². The maximum absolute atomic E-state index is 12.8. The molecule has 1 amide bonds. The molecular formula is C29H26BrNO5S. The van der Waals surface area contributed by atoms with E-state index in [0.29, 0.717) is 22.9 Å². The molecule has 0 spiro atoms. The molecule has 8 heteroatoms. The van der Waals surface area contributed by atoms with E-state index in [0.717, 1.165) is 37.4 Å². The second kappa shape index (κ2) is 12.1. The highest BCUT2D eigenvalue weighted by molar-refractivity contribution is 9.10. The van der Waals surface area contributed by atoms with Gasteiger partial charge in [0.25, 0.3) is 5.91 Å². The fraction of sp³-hybridized carbons (Fsp3) is 0.172. The summed E-state index contributed by atoms with van der Waals surface area (Å²) in [6, 6.07) is 23.2. The van der Waals surface area contributed by atoms with Gasteiger partial charge in [-0.15, -0.1) is 11.3 Å². The molecule has 4 aromatic rings. The lowest BCUT2D eigenvalue weighted by molar-refractivity contribution is -0.118. The van der Waals surface area contributed by atoms with Crippen molar-refractivity contribution in [2.24, 2.45) is 0 Å². The Morgan fingerprint density at radius 3 is 2.27 bits per heavy atom. The van der Waals surface area contributed by atoms with Crippen LogP contribution in [0, 0.1) is 6.92 Å². The molecule has 0 unspecified atom stereocenters. The zero-order chi connectivity index (χ0) is 26.4. The molecule has 0 aliphatic heterocycles. The van der Waals surface area contributed by atoms with Crippen LogP contribution in [-0.2, 0) is 9.53 Å². The zero-order valence-corrected chi connectivity index (χ0v) is 23.1. The summed E-state index contributed by atoms with van der Waals surface area (Å²) in [4.78, 5) is 26.4. The van der Waals surface area contributed by atoms with E-state index in [1.807, 2.05) is 86.6 Å². The summed E-state index contributed by atoms with van der Waals surface area (Å²) >= 11 is 4.85. The molecule has 37 heavy (non-hydrogen) atoms. The van der Waals surface area contributed by atoms with Crippen LogP contribution in [-0.4, -0.2) is 32.2 Å². The number of carbonyl (C=O) groups is 2. The third-order valence-corrected chi connectivity index (χ3v) is 7.22. The number of carbonyl (C=O) groups excluding carboxylic acids is 2. The molecule has 0 radical (unpaired) electrons. The van der Waals surface area contributed by atoms with E-state index in [9.17, 15) is 9.59 Å². The minimum Gasteiger partial charge on any atom is -0.494 e. The van der Waals surface area contributed by atoms with Crippen molar-refractivity contribution in [2.45, 2.75) is 13.8 Å². The third kappa shape index (κ3) is 6.21. The van der Waals surface area contributed by atoms with E-state index in [2.05, 4.69) is 21.2 Å². The molecule has 0 saturated heterocycles. The number of thiophene rings is 1. The van der Waals surface area contributed by atoms with Gasteiger partial charge in [-0.1, -0.05) is 48.5 Å². The lowest BCUT2D eigenvalue weighted by Gasteiger charge is -2.11. The Kier molecular flexibility index (Phi) is 8.63. The van der Waals surface area contributed by atoms with E-state index in [4.69, 9.17) is 14.2 Å². The molecule has 0 aliphatic carbocycles. The van der Waals surface area contributed by atoms with E-state index in [-0.39, 0.29) is 12.5 Å². The maximum atomic E-state index is 12.8. The summed E-state index contributed by atoms with van der Waals surface area (Å²) in [6.45, 7) is 4.17. The van der Waals surface area contributed by atoms with Crippen molar-refractivity contribution in [3.05, 3.63) is 87.7 Å². The number of hydrogen-bond donors (Lipinski definition) is 1. The number of anilines is 1. The number of aryl methyl sites for hydroxylation is 1. The minimum atomic E-state index is -0.524. The van der Waals surface area contributed by atoms with Crippen LogP contribution in [0.5, 0.6) is 11.5 Å². The van der Waals surface area contributed by atoms with Crippen molar-refractivity contribution in [1.82, 2.24) is 0 Å². The lowest BCUT2D eigenvalue weighted by Crippen LogP contribution is -2.21. The summed E-state index contributed by atoms with van der Waals surface area (Å²) in [6.07, 6.45) is 0. The Labute approximate surface area is 228 Å². The predicted molar refractivity (Wildman–Crippen MR) is 151 cm³/mol. The normalized spacial score (nSPS) is 10.6. The predicted octanol–water partition coefficient (Wildman–Crippen LogP) is 7.36. The molecule has 1 heterocycles. The SMILES string of the molecule is CCOc1ccc(-c2c(C)sc(NC(=O)COc3ccc(-c4ccccc4)cc3Br)c2C(=O)OC)cc1. The van der Waals surface area contributed by atoms with Crippen LogP contribution in [0.3, 0.4) is 0 Å². The summed E-state index contributed by atoms with van der Waals surface area (Å²) in [5, 5.41) is 3.25. The fourth-order valence-corrected chi connectivity index (χ4v) is 5.47. The summed E-state index contributed by atoms with van der Waals surface area (Å²) in [5.74, 6) is 0.375. The topological polar surface area (TPSA) is 73.9 Å². The number of hydrogen-bond acceptors (Lipinski definition) is 6. The smallest absolute Gasteiger partial charge is 0.341 e. The molecule has 4 rings (SSSR count). The minimum absolute atomic E-state index is 0.223. The fourth-order valence-electron chi connectivity index (χ4n) is 3.90. The highest BCUT2D eigenvalue weighted by atomic mass is 79.9. The summed E-state index contributed by atoms with van der Waals surface area (Å²) in [7, 11) is 1.32. The summed E-state index contributed by atoms with van der Waals surface area (Å²) in [5.41, 5.74) is 3.98. The average molecular weight is 581 g/mol. The Hall–Kier alpha value is -3.62. The molecule has 0 bridgehead atoms. The van der Waals surface area contributed by atoms with Crippen LogP contribution in [0.15, 0.2) is 77.3 Å². The van der Waals surface area contributed by atoms with Crippen LogP contribution < -0.4 is 14.8 Å². The van der Waals surface area contributed by atoms with Gasteiger partial charge in [-0.05, 0) is 70.7 Å². The van der Waals surface area contributed by atoms with Crippen LogP contribution in [0.2, 0.25) is 0 Å². The quantitative estimate of drug-likeness (QED) is 0.210. The van der Waals surface area contributed by atoms with Gasteiger partial charge in [0, 0.05) is 10.4 Å². The highest BCUT2D eigenvalue weighted by Gasteiger charge is 2.25. The average Bonchev–Trinajstić information content (AvgIpc) is 3.23. The highest BCUT2D eigenvalue weighted by Crippen LogP contribution is 2.41.